The van der Waals surface area contributed by atoms with E-state index in [0.717, 1.165) is 22.7 Å². The van der Waals surface area contributed by atoms with Crippen LogP contribution in [0, 0.1) is 0 Å². The van der Waals surface area contributed by atoms with Crippen LogP contribution >= 0.6 is 11.3 Å². The monoisotopic (exact) mass is 326 g/mol. The summed E-state index contributed by atoms with van der Waals surface area (Å²) in [5, 5.41) is 8.98. The van der Waals surface area contributed by atoms with Crippen LogP contribution in [0.2, 0.25) is 0 Å². The normalized spacial score (nSPS) is 12.1. The molecule has 0 bridgehead atoms. The highest BCUT2D eigenvalue weighted by atomic mass is 32.1. The van der Waals surface area contributed by atoms with E-state index in [1.54, 1.807) is 28.6 Å². The highest BCUT2D eigenvalue weighted by Gasteiger charge is 2.25. The first-order valence-corrected chi connectivity index (χ1v) is 8.35. The van der Waals surface area contributed by atoms with Crippen LogP contribution in [0.3, 0.4) is 0 Å². The number of amides is 1. The van der Waals surface area contributed by atoms with Crippen molar-refractivity contribution in [1.82, 2.24) is 20.1 Å². The Morgan fingerprint density at radius 2 is 2.22 bits per heavy atom. The molecule has 0 fully saturated rings. The molecule has 5 nitrogen and oxygen atoms in total. The third kappa shape index (κ3) is 3.03. The third-order valence-electron chi connectivity index (χ3n) is 3.84. The lowest BCUT2D eigenvalue weighted by atomic mass is 10.1. The average Bonchev–Trinajstić information content (AvgIpc) is 3.26. The van der Waals surface area contributed by atoms with E-state index in [4.69, 9.17) is 0 Å². The smallest absolute Gasteiger partial charge is 0.258 e. The van der Waals surface area contributed by atoms with Crippen molar-refractivity contribution in [3.63, 3.8) is 0 Å². The van der Waals surface area contributed by atoms with E-state index in [-0.39, 0.29) is 11.9 Å². The molecule has 1 N–H and O–H groups in total. The number of aromatic nitrogens is 3. The largest absolute Gasteiger partial charge is 0.333 e. The molecule has 0 aliphatic heterocycles. The predicted octanol–water partition coefficient (Wildman–Crippen LogP) is 3.76. The Labute approximate surface area is 139 Å². The molecule has 1 atom stereocenters. The second-order valence-corrected chi connectivity index (χ2v) is 6.18. The number of aromatic amines is 1. The van der Waals surface area contributed by atoms with Gasteiger partial charge in [0.1, 0.15) is 0 Å². The van der Waals surface area contributed by atoms with E-state index in [1.165, 1.54) is 0 Å². The van der Waals surface area contributed by atoms with Gasteiger partial charge in [-0.2, -0.15) is 5.10 Å². The van der Waals surface area contributed by atoms with Crippen LogP contribution < -0.4 is 0 Å². The zero-order chi connectivity index (χ0) is 16.2. The number of thiophene rings is 1. The fraction of sp³-hybridized carbons (Fsp3) is 0.235. The van der Waals surface area contributed by atoms with Gasteiger partial charge in [0.25, 0.3) is 5.91 Å². The summed E-state index contributed by atoms with van der Waals surface area (Å²) in [6, 6.07) is 9.65. The topological polar surface area (TPSA) is 61.9 Å². The zero-order valence-electron chi connectivity index (χ0n) is 13.1. The number of nitrogens with zero attached hydrogens (tertiary/aromatic N) is 3. The Morgan fingerprint density at radius 1 is 1.35 bits per heavy atom. The van der Waals surface area contributed by atoms with Gasteiger partial charge in [-0.05, 0) is 30.0 Å². The lowest BCUT2D eigenvalue weighted by Gasteiger charge is -2.26. The Bertz CT molecular complexity index is 767. The number of H-pyrrole nitrogens is 1. The molecule has 0 aliphatic rings. The van der Waals surface area contributed by atoms with Gasteiger partial charge in [-0.3, -0.25) is 14.9 Å². The molecule has 1 unspecified atom stereocenters. The van der Waals surface area contributed by atoms with Crippen LogP contribution in [0.15, 0.2) is 48.1 Å². The number of hydrogen-bond donors (Lipinski definition) is 1. The molecular weight excluding hydrogens is 308 g/mol. The van der Waals surface area contributed by atoms with E-state index in [1.807, 2.05) is 42.8 Å². The van der Waals surface area contributed by atoms with Crippen LogP contribution in [0.5, 0.6) is 0 Å². The van der Waals surface area contributed by atoms with Gasteiger partial charge >= 0.3 is 0 Å². The summed E-state index contributed by atoms with van der Waals surface area (Å²) in [5.74, 6) is -0.0559. The summed E-state index contributed by atoms with van der Waals surface area (Å²) in [4.78, 5) is 20.1. The van der Waals surface area contributed by atoms with Crippen LogP contribution in [-0.2, 0) is 0 Å². The summed E-state index contributed by atoms with van der Waals surface area (Å²) in [7, 11) is 1.82. The molecule has 118 valence electrons. The number of nitrogens with one attached hydrogen (secondary N) is 1. The minimum absolute atomic E-state index is 0.0559. The first-order valence-electron chi connectivity index (χ1n) is 7.47. The summed E-state index contributed by atoms with van der Waals surface area (Å²) in [5.41, 5.74) is 2.25. The summed E-state index contributed by atoms with van der Waals surface area (Å²) in [6.07, 6.45) is 4.15. The van der Waals surface area contributed by atoms with Crippen molar-refractivity contribution in [3.05, 3.63) is 59.4 Å². The Kier molecular flexibility index (Phi) is 4.52. The van der Waals surface area contributed by atoms with Gasteiger partial charge in [0.15, 0.2) is 0 Å². The van der Waals surface area contributed by atoms with Crippen LogP contribution in [0.4, 0.5) is 0 Å². The maximum Gasteiger partial charge on any atom is 0.258 e. The van der Waals surface area contributed by atoms with E-state index in [9.17, 15) is 4.79 Å². The standard InChI is InChI=1S/C17H18N4OS/c1-3-14(13-7-4-5-9-18-13)21(2)17(22)12-11-19-20-16(12)15-8-6-10-23-15/h4-11,14H,3H2,1-2H3,(H,19,20). The highest BCUT2D eigenvalue weighted by Crippen LogP contribution is 2.29. The van der Waals surface area contributed by atoms with Gasteiger partial charge < -0.3 is 4.90 Å². The van der Waals surface area contributed by atoms with Crippen LogP contribution in [0.25, 0.3) is 10.6 Å². The van der Waals surface area contributed by atoms with Crippen LogP contribution in [-0.4, -0.2) is 33.0 Å². The quantitative estimate of drug-likeness (QED) is 0.776. The maximum atomic E-state index is 12.9. The van der Waals surface area contributed by atoms with Crippen molar-refractivity contribution >= 4 is 17.2 Å². The second kappa shape index (κ2) is 6.75. The molecule has 6 heteroatoms. The van der Waals surface area contributed by atoms with Crippen molar-refractivity contribution in [3.8, 4) is 10.6 Å². The minimum Gasteiger partial charge on any atom is -0.333 e. The first-order chi connectivity index (χ1) is 11.2. The lowest BCUT2D eigenvalue weighted by molar-refractivity contribution is 0.0723. The second-order valence-electron chi connectivity index (χ2n) is 5.23. The molecule has 3 aromatic rings. The van der Waals surface area contributed by atoms with Gasteiger partial charge in [0, 0.05) is 13.2 Å². The summed E-state index contributed by atoms with van der Waals surface area (Å²) < 4.78 is 0. The molecule has 0 spiro atoms. The molecule has 23 heavy (non-hydrogen) atoms. The fourth-order valence-corrected chi connectivity index (χ4v) is 3.38. The van der Waals surface area contributed by atoms with Gasteiger partial charge in [0.2, 0.25) is 0 Å². The Balaban J connectivity index is 1.90. The van der Waals surface area contributed by atoms with Crippen molar-refractivity contribution in [2.45, 2.75) is 19.4 Å². The van der Waals surface area contributed by atoms with E-state index in [0.29, 0.717) is 5.56 Å². The van der Waals surface area contributed by atoms with Crippen molar-refractivity contribution in [1.29, 1.82) is 0 Å². The zero-order valence-corrected chi connectivity index (χ0v) is 13.9. The summed E-state index contributed by atoms with van der Waals surface area (Å²) >= 11 is 1.58. The van der Waals surface area contributed by atoms with E-state index >= 15 is 0 Å². The molecule has 0 aromatic carbocycles. The van der Waals surface area contributed by atoms with Gasteiger partial charge in [-0.15, -0.1) is 11.3 Å². The maximum absolute atomic E-state index is 12.9. The highest BCUT2D eigenvalue weighted by molar-refractivity contribution is 7.13. The lowest BCUT2D eigenvalue weighted by Crippen LogP contribution is -2.31. The number of pyridine rings is 1. The minimum atomic E-state index is -0.0604. The molecule has 0 aliphatic carbocycles. The molecule has 0 radical (unpaired) electrons. The SMILES string of the molecule is CCC(c1ccccn1)N(C)C(=O)c1cn[nH]c1-c1cccs1. The molecule has 3 heterocycles. The van der Waals surface area contributed by atoms with E-state index < -0.39 is 0 Å². The number of carbonyl (C=O) groups excluding carboxylic acids is 1. The summed E-state index contributed by atoms with van der Waals surface area (Å²) in [6.45, 7) is 2.05. The van der Waals surface area contributed by atoms with Gasteiger partial charge in [-0.1, -0.05) is 19.1 Å². The van der Waals surface area contributed by atoms with Gasteiger partial charge in [0.05, 0.1) is 34.1 Å². The number of carbonyl (C=O) groups is 1. The third-order valence-corrected chi connectivity index (χ3v) is 4.73. The fourth-order valence-electron chi connectivity index (χ4n) is 2.64. The average molecular weight is 326 g/mol. The Hall–Kier alpha value is -2.47. The number of rotatable bonds is 5. The van der Waals surface area contributed by atoms with Crippen molar-refractivity contribution < 1.29 is 4.79 Å². The first kappa shape index (κ1) is 15.4. The molecular formula is C17H18N4OS. The van der Waals surface area contributed by atoms with Crippen molar-refractivity contribution in [2.24, 2.45) is 0 Å². The van der Waals surface area contributed by atoms with E-state index in [2.05, 4.69) is 22.1 Å². The Morgan fingerprint density at radius 3 is 2.87 bits per heavy atom. The molecule has 0 saturated carbocycles. The molecule has 1 amide bonds. The van der Waals surface area contributed by atoms with Crippen molar-refractivity contribution in [2.75, 3.05) is 7.05 Å². The number of hydrogen-bond acceptors (Lipinski definition) is 4. The molecule has 3 aromatic heterocycles. The van der Waals surface area contributed by atoms with Crippen LogP contribution in [0.1, 0.15) is 35.4 Å². The predicted molar refractivity (Wildman–Crippen MR) is 91.3 cm³/mol. The van der Waals surface area contributed by atoms with Gasteiger partial charge in [-0.25, -0.2) is 0 Å². The molecule has 3 rings (SSSR count). The molecule has 0 saturated heterocycles.